The molecule has 2 aliphatic carbocycles. The van der Waals surface area contributed by atoms with E-state index in [1.807, 2.05) is 0 Å². The zero-order valence-corrected chi connectivity index (χ0v) is 29.6. The van der Waals surface area contributed by atoms with Gasteiger partial charge in [-0.1, -0.05) is 166 Å². The third kappa shape index (κ3) is 4.04. The van der Waals surface area contributed by atoms with Gasteiger partial charge in [0.15, 0.2) is 0 Å². The van der Waals surface area contributed by atoms with Gasteiger partial charge >= 0.3 is 0 Å². The average molecular weight is 661 g/mol. The first-order chi connectivity index (χ1) is 25.5. The Morgan fingerprint density at radius 3 is 1.50 bits per heavy atom. The normalized spacial score (nSPS) is 12.5. The van der Waals surface area contributed by atoms with Crippen molar-refractivity contribution in [1.82, 2.24) is 0 Å². The SMILES string of the molecule is CC(C)(C)c1cc2c3c(ccc(-c4ccc5c(c4)-c4cccc6cccc-5c46)c3c1)-c1c-2c(-c2ccccc2)c2ccccc2c1-c1ccccc1. The van der Waals surface area contributed by atoms with Crippen molar-refractivity contribution in [3.63, 3.8) is 0 Å². The minimum absolute atomic E-state index is 0.0397. The molecule has 0 atom stereocenters. The fraction of sp³-hybridized carbons (Fsp3) is 0.0769. The Morgan fingerprint density at radius 2 is 0.865 bits per heavy atom. The molecule has 0 aromatic heterocycles. The van der Waals surface area contributed by atoms with Crippen LogP contribution in [0.1, 0.15) is 26.3 Å². The van der Waals surface area contributed by atoms with Crippen molar-refractivity contribution in [3.8, 4) is 77.9 Å². The predicted molar refractivity (Wildman–Crippen MR) is 223 cm³/mol. The van der Waals surface area contributed by atoms with E-state index in [-0.39, 0.29) is 5.41 Å². The number of hydrogen-bond acceptors (Lipinski definition) is 0. The third-order valence-corrected chi connectivity index (χ3v) is 11.7. The van der Waals surface area contributed by atoms with E-state index in [9.17, 15) is 0 Å². The van der Waals surface area contributed by atoms with E-state index in [0.717, 1.165) is 0 Å². The predicted octanol–water partition coefficient (Wildman–Crippen LogP) is 14.7. The summed E-state index contributed by atoms with van der Waals surface area (Å²) in [6.07, 6.45) is 0. The number of rotatable bonds is 3. The van der Waals surface area contributed by atoms with Crippen molar-refractivity contribution in [3.05, 3.63) is 169 Å². The first-order valence-corrected chi connectivity index (χ1v) is 18.4. The van der Waals surface area contributed by atoms with Crippen LogP contribution in [0.2, 0.25) is 0 Å². The van der Waals surface area contributed by atoms with Gasteiger partial charge in [-0.05, 0) is 139 Å². The molecule has 0 heteroatoms. The van der Waals surface area contributed by atoms with Gasteiger partial charge in [-0.2, -0.15) is 0 Å². The van der Waals surface area contributed by atoms with Gasteiger partial charge in [0, 0.05) is 0 Å². The van der Waals surface area contributed by atoms with Crippen LogP contribution in [-0.2, 0) is 5.41 Å². The second kappa shape index (κ2) is 10.6. The topological polar surface area (TPSA) is 0 Å². The van der Waals surface area contributed by atoms with Crippen LogP contribution in [-0.4, -0.2) is 0 Å². The van der Waals surface area contributed by atoms with Crippen LogP contribution in [0.3, 0.4) is 0 Å². The molecule has 0 radical (unpaired) electrons. The van der Waals surface area contributed by atoms with Crippen LogP contribution in [0.15, 0.2) is 164 Å². The van der Waals surface area contributed by atoms with Gasteiger partial charge in [0.1, 0.15) is 0 Å². The molecule has 0 bridgehead atoms. The highest BCUT2D eigenvalue weighted by molar-refractivity contribution is 6.29. The average Bonchev–Trinajstić information content (AvgIpc) is 3.68. The Hall–Kier alpha value is -6.24. The van der Waals surface area contributed by atoms with Gasteiger partial charge in [0.05, 0.1) is 0 Å². The second-order valence-corrected chi connectivity index (χ2v) is 15.6. The Kier molecular flexibility index (Phi) is 6.03. The smallest absolute Gasteiger partial charge is 0.000731 e. The Bertz CT molecular complexity index is 2950. The summed E-state index contributed by atoms with van der Waals surface area (Å²) in [6.45, 7) is 7.05. The summed E-state index contributed by atoms with van der Waals surface area (Å²) in [5.74, 6) is 0. The maximum Gasteiger partial charge on any atom is -0.000731 e. The Morgan fingerprint density at radius 1 is 0.308 bits per heavy atom. The molecule has 9 aromatic carbocycles. The van der Waals surface area contributed by atoms with Crippen LogP contribution in [0, 0.1) is 0 Å². The van der Waals surface area contributed by atoms with E-state index in [1.165, 1.54) is 116 Å². The minimum Gasteiger partial charge on any atom is -0.0622 e. The van der Waals surface area contributed by atoms with Crippen molar-refractivity contribution >= 4 is 32.3 Å². The van der Waals surface area contributed by atoms with Crippen molar-refractivity contribution in [2.75, 3.05) is 0 Å². The van der Waals surface area contributed by atoms with Gasteiger partial charge in [0.2, 0.25) is 0 Å². The number of fused-ring (bicyclic) bond motifs is 7. The molecule has 0 N–H and O–H groups in total. The highest BCUT2D eigenvalue weighted by Gasteiger charge is 2.33. The molecule has 244 valence electrons. The molecule has 0 saturated carbocycles. The molecule has 2 aliphatic rings. The van der Waals surface area contributed by atoms with Gasteiger partial charge in [0.25, 0.3) is 0 Å². The summed E-state index contributed by atoms with van der Waals surface area (Å²) in [6, 6.07) is 61.5. The van der Waals surface area contributed by atoms with E-state index in [2.05, 4.69) is 185 Å². The summed E-state index contributed by atoms with van der Waals surface area (Å²) in [7, 11) is 0. The van der Waals surface area contributed by atoms with Crippen molar-refractivity contribution in [2.24, 2.45) is 0 Å². The monoisotopic (exact) mass is 660 g/mol. The summed E-state index contributed by atoms with van der Waals surface area (Å²) in [4.78, 5) is 0. The highest BCUT2D eigenvalue weighted by Crippen LogP contribution is 2.59. The lowest BCUT2D eigenvalue weighted by Gasteiger charge is -2.23. The van der Waals surface area contributed by atoms with Crippen molar-refractivity contribution in [1.29, 1.82) is 0 Å². The molecular weight excluding hydrogens is 625 g/mol. The Balaban J connectivity index is 1.27. The summed E-state index contributed by atoms with van der Waals surface area (Å²) < 4.78 is 0. The van der Waals surface area contributed by atoms with Gasteiger partial charge in [-0.3, -0.25) is 0 Å². The molecule has 0 spiro atoms. The van der Waals surface area contributed by atoms with Crippen molar-refractivity contribution in [2.45, 2.75) is 26.2 Å². The fourth-order valence-corrected chi connectivity index (χ4v) is 9.32. The largest absolute Gasteiger partial charge is 0.0622 e. The highest BCUT2D eigenvalue weighted by atomic mass is 14.4. The lowest BCUT2D eigenvalue weighted by atomic mass is 9.81. The van der Waals surface area contributed by atoms with E-state index >= 15 is 0 Å². The molecule has 0 heterocycles. The van der Waals surface area contributed by atoms with Crippen LogP contribution in [0.5, 0.6) is 0 Å². The number of benzene rings is 9. The molecule has 0 fully saturated rings. The minimum atomic E-state index is -0.0397. The second-order valence-electron chi connectivity index (χ2n) is 15.6. The van der Waals surface area contributed by atoms with Crippen LogP contribution in [0.25, 0.3) is 110 Å². The summed E-state index contributed by atoms with van der Waals surface area (Å²) >= 11 is 0. The molecule has 52 heavy (non-hydrogen) atoms. The quantitative estimate of drug-likeness (QED) is 0.177. The molecule has 11 rings (SSSR count). The van der Waals surface area contributed by atoms with E-state index in [4.69, 9.17) is 0 Å². The van der Waals surface area contributed by atoms with Crippen LogP contribution >= 0.6 is 0 Å². The van der Waals surface area contributed by atoms with Crippen molar-refractivity contribution < 1.29 is 0 Å². The number of hydrogen-bond donors (Lipinski definition) is 0. The van der Waals surface area contributed by atoms with E-state index < -0.39 is 0 Å². The molecular formula is C52H36. The fourth-order valence-electron chi connectivity index (χ4n) is 9.32. The Labute approximate surface area is 304 Å². The molecule has 0 unspecified atom stereocenters. The maximum atomic E-state index is 2.51. The standard InChI is InChI=1S/C52H36/c1-52(2,3)35-29-44-36(34-24-25-37-38-22-12-18-31-19-13-23-41(46(31)38)43(37)28-34)26-27-42-49(44)45(30-35)51-48(33-16-8-5-9-17-33)40-21-11-10-20-39(40)47(50(42)51)32-14-6-4-7-15-32/h4-30H,1-3H3. The lowest BCUT2D eigenvalue weighted by molar-refractivity contribution is 0.591. The summed E-state index contributed by atoms with van der Waals surface area (Å²) in [5.41, 5.74) is 19.7. The van der Waals surface area contributed by atoms with Crippen LogP contribution in [0.4, 0.5) is 0 Å². The summed E-state index contributed by atoms with van der Waals surface area (Å²) in [5, 5.41) is 7.95. The first-order valence-electron chi connectivity index (χ1n) is 18.4. The maximum absolute atomic E-state index is 2.51. The molecule has 0 saturated heterocycles. The molecule has 0 amide bonds. The van der Waals surface area contributed by atoms with Gasteiger partial charge in [-0.15, -0.1) is 0 Å². The molecule has 0 nitrogen and oxygen atoms in total. The van der Waals surface area contributed by atoms with E-state index in [1.54, 1.807) is 0 Å². The zero-order valence-electron chi connectivity index (χ0n) is 29.6. The first kappa shape index (κ1) is 29.5. The zero-order chi connectivity index (χ0) is 34.7. The lowest BCUT2D eigenvalue weighted by Crippen LogP contribution is -2.11. The van der Waals surface area contributed by atoms with Crippen LogP contribution < -0.4 is 0 Å². The van der Waals surface area contributed by atoms with E-state index in [0.29, 0.717) is 0 Å². The van der Waals surface area contributed by atoms with Gasteiger partial charge in [-0.25, -0.2) is 0 Å². The molecule has 9 aromatic rings. The third-order valence-electron chi connectivity index (χ3n) is 11.7. The van der Waals surface area contributed by atoms with Gasteiger partial charge < -0.3 is 0 Å². The molecule has 0 aliphatic heterocycles.